The zero-order valence-electron chi connectivity index (χ0n) is 52.4. The minimum Gasteiger partial charge on any atom is -0.545 e. The van der Waals surface area contributed by atoms with Gasteiger partial charge in [-0.25, -0.2) is 0 Å². The SMILES string of the molecule is CC/C=C\C/C=C\C/C=C\C/C=C\C/C=C\C/C=C\CCCCCCCCCCCCCCCCCCCCCCC(=O)OC(COC(=O)CCCCCCC/C=C\C/C=C\CCCCCC)COC(OCC[N+](C)(C)C)C(=O)[O-]. The average molecular weight is 1120 g/mol. The highest BCUT2D eigenvalue weighted by molar-refractivity contribution is 5.70. The van der Waals surface area contributed by atoms with Crippen LogP contribution < -0.4 is 5.11 Å². The van der Waals surface area contributed by atoms with Crippen molar-refractivity contribution in [2.45, 2.75) is 289 Å². The van der Waals surface area contributed by atoms with Gasteiger partial charge in [-0.1, -0.05) is 265 Å². The molecule has 2 atom stereocenters. The zero-order valence-corrected chi connectivity index (χ0v) is 52.4. The molecule has 460 valence electrons. The Labute approximate surface area is 492 Å². The van der Waals surface area contributed by atoms with Crippen molar-refractivity contribution in [3.8, 4) is 0 Å². The van der Waals surface area contributed by atoms with E-state index in [1.165, 1.54) is 148 Å². The highest BCUT2D eigenvalue weighted by atomic mass is 16.7. The van der Waals surface area contributed by atoms with Crippen molar-refractivity contribution in [1.82, 2.24) is 0 Å². The molecule has 0 radical (unpaired) electrons. The molecule has 0 N–H and O–H groups in total. The molecule has 0 saturated heterocycles. The largest absolute Gasteiger partial charge is 0.545 e. The maximum absolute atomic E-state index is 12.9. The molecule has 0 spiro atoms. The zero-order chi connectivity index (χ0) is 58.3. The van der Waals surface area contributed by atoms with Gasteiger partial charge in [0.1, 0.15) is 13.2 Å². The lowest BCUT2D eigenvalue weighted by atomic mass is 10.0. The number of carboxylic acids is 1. The number of aliphatic carboxylic acids is 1. The van der Waals surface area contributed by atoms with Gasteiger partial charge in [0.15, 0.2) is 12.4 Å². The van der Waals surface area contributed by atoms with Crippen LogP contribution in [-0.2, 0) is 33.3 Å². The summed E-state index contributed by atoms with van der Waals surface area (Å²) in [6.45, 7) is 4.61. The summed E-state index contributed by atoms with van der Waals surface area (Å²) < 4.78 is 22.7. The van der Waals surface area contributed by atoms with Gasteiger partial charge in [-0.15, -0.1) is 0 Å². The number of carbonyl (C=O) groups excluding carboxylic acids is 3. The quantitative estimate of drug-likeness (QED) is 0.0195. The van der Waals surface area contributed by atoms with E-state index in [0.717, 1.165) is 96.3 Å². The van der Waals surface area contributed by atoms with Crippen LogP contribution in [0.25, 0.3) is 0 Å². The van der Waals surface area contributed by atoms with E-state index in [0.29, 0.717) is 17.4 Å². The van der Waals surface area contributed by atoms with Crippen LogP contribution in [-0.4, -0.2) is 82.3 Å². The number of ether oxygens (including phenoxy) is 4. The molecule has 9 nitrogen and oxygen atoms in total. The fourth-order valence-electron chi connectivity index (χ4n) is 9.04. The lowest BCUT2D eigenvalue weighted by Crippen LogP contribution is -2.44. The van der Waals surface area contributed by atoms with E-state index in [1.54, 1.807) is 0 Å². The summed E-state index contributed by atoms with van der Waals surface area (Å²) in [6, 6.07) is 0. The number of carboxylic acid groups (broad SMARTS) is 1. The standard InChI is InChI=1S/C71H123NO8/c1-6-8-10-12-14-16-18-20-22-24-25-26-27-28-29-30-31-32-33-34-35-36-37-38-39-40-41-42-43-44-45-46-48-50-52-54-56-58-60-62-69(74)80-67(66-79-71(70(75)76)77-64-63-72(3,4)5)65-78-68(73)61-59-57-55-53-51-49-47-23-21-19-17-15-13-11-9-7-2/h8,10,14,16-17,19-20,22-23,25-26,28-29,31-32,47,67,71H,6-7,9,11-13,15,18,21,24,27,30,33-46,48-66H2,1-5H3/b10-8-,16-14-,19-17-,22-20-,26-25-,29-28-,32-31-,47-23-. The van der Waals surface area contributed by atoms with E-state index >= 15 is 0 Å². The molecule has 0 aliphatic carbocycles. The van der Waals surface area contributed by atoms with Crippen LogP contribution in [0.3, 0.4) is 0 Å². The molecule has 0 rings (SSSR count). The van der Waals surface area contributed by atoms with E-state index < -0.39 is 24.3 Å². The molecule has 0 aromatic rings. The molecule has 0 fully saturated rings. The van der Waals surface area contributed by atoms with Gasteiger partial charge in [-0.2, -0.15) is 0 Å². The normalized spacial score (nSPS) is 13.4. The fourth-order valence-corrected chi connectivity index (χ4v) is 9.04. The van der Waals surface area contributed by atoms with E-state index in [-0.39, 0.29) is 38.6 Å². The molecule has 0 bridgehead atoms. The van der Waals surface area contributed by atoms with Crippen molar-refractivity contribution in [3.05, 3.63) is 97.2 Å². The van der Waals surface area contributed by atoms with Gasteiger partial charge in [-0.3, -0.25) is 9.59 Å². The maximum Gasteiger partial charge on any atom is 0.306 e. The van der Waals surface area contributed by atoms with E-state index in [4.69, 9.17) is 18.9 Å². The highest BCUT2D eigenvalue weighted by Gasteiger charge is 2.22. The molecule has 0 aliphatic rings. The first-order valence-electron chi connectivity index (χ1n) is 32.9. The van der Waals surface area contributed by atoms with Gasteiger partial charge in [0.05, 0.1) is 40.3 Å². The predicted molar refractivity (Wildman–Crippen MR) is 338 cm³/mol. The topological polar surface area (TPSA) is 111 Å². The Balaban J connectivity index is 4.03. The molecule has 0 saturated carbocycles. The summed E-state index contributed by atoms with van der Waals surface area (Å²) in [5, 5.41) is 11.8. The van der Waals surface area contributed by atoms with E-state index in [1.807, 2.05) is 21.1 Å². The van der Waals surface area contributed by atoms with Crippen LogP contribution in [0, 0.1) is 0 Å². The van der Waals surface area contributed by atoms with Gasteiger partial charge in [0.25, 0.3) is 0 Å². The molecule has 0 aromatic carbocycles. The fraction of sp³-hybridized carbons (Fsp3) is 0.732. The number of nitrogens with zero attached hydrogens (tertiary/aromatic N) is 1. The maximum atomic E-state index is 12.9. The third-order valence-electron chi connectivity index (χ3n) is 14.1. The highest BCUT2D eigenvalue weighted by Crippen LogP contribution is 2.17. The molecule has 9 heteroatoms. The Morgan fingerprint density at radius 2 is 0.713 bits per heavy atom. The van der Waals surface area contributed by atoms with Gasteiger partial charge in [0.2, 0.25) is 0 Å². The summed E-state index contributed by atoms with van der Waals surface area (Å²) in [6.07, 6.45) is 80.6. The Bertz CT molecular complexity index is 1630. The molecular weight excluding hydrogens is 995 g/mol. The Hall–Kier alpha value is -3.79. The Morgan fingerprint density at radius 1 is 0.388 bits per heavy atom. The molecule has 0 aliphatic heterocycles. The number of unbranched alkanes of at least 4 members (excludes halogenated alkanes) is 29. The first-order chi connectivity index (χ1) is 39.1. The van der Waals surface area contributed by atoms with Crippen molar-refractivity contribution in [1.29, 1.82) is 0 Å². The van der Waals surface area contributed by atoms with Gasteiger partial charge >= 0.3 is 11.9 Å². The van der Waals surface area contributed by atoms with Crippen molar-refractivity contribution >= 4 is 17.9 Å². The summed E-state index contributed by atoms with van der Waals surface area (Å²) in [7, 11) is 5.92. The monoisotopic (exact) mass is 1120 g/mol. The molecule has 0 heterocycles. The van der Waals surface area contributed by atoms with E-state index in [2.05, 4.69) is 111 Å². The second-order valence-electron chi connectivity index (χ2n) is 23.0. The van der Waals surface area contributed by atoms with Gasteiger partial charge in [0, 0.05) is 12.8 Å². The van der Waals surface area contributed by atoms with E-state index in [9.17, 15) is 19.5 Å². The first-order valence-corrected chi connectivity index (χ1v) is 32.9. The number of rotatable bonds is 60. The lowest BCUT2D eigenvalue weighted by molar-refractivity contribution is -0.870. The number of allylic oxidation sites excluding steroid dienone is 16. The summed E-state index contributed by atoms with van der Waals surface area (Å²) in [5.74, 6) is -2.29. The van der Waals surface area contributed by atoms with Gasteiger partial charge < -0.3 is 33.3 Å². The smallest absolute Gasteiger partial charge is 0.306 e. The first kappa shape index (κ1) is 76.2. The minimum absolute atomic E-state index is 0.144. The lowest BCUT2D eigenvalue weighted by Gasteiger charge is -2.26. The third-order valence-corrected chi connectivity index (χ3v) is 14.1. The third kappa shape index (κ3) is 61.8. The van der Waals surface area contributed by atoms with Crippen LogP contribution in [0.4, 0.5) is 0 Å². The van der Waals surface area contributed by atoms with Gasteiger partial charge in [-0.05, 0) is 96.3 Å². The number of carbonyl (C=O) groups is 3. The molecule has 80 heavy (non-hydrogen) atoms. The molecule has 2 unspecified atom stereocenters. The molecule has 0 amide bonds. The number of likely N-dealkylation sites (N-methyl/N-ethyl adjacent to an activating group) is 1. The minimum atomic E-state index is -1.63. The average Bonchev–Trinajstić information content (AvgIpc) is 3.43. The van der Waals surface area contributed by atoms with Crippen LogP contribution >= 0.6 is 0 Å². The van der Waals surface area contributed by atoms with Crippen molar-refractivity contribution < 1.29 is 42.9 Å². The summed E-state index contributed by atoms with van der Waals surface area (Å²) in [4.78, 5) is 37.3. The summed E-state index contributed by atoms with van der Waals surface area (Å²) >= 11 is 0. The Kier molecular flexibility index (Phi) is 58.4. The molecule has 0 aromatic heterocycles. The van der Waals surface area contributed by atoms with Crippen molar-refractivity contribution in [2.75, 3.05) is 47.5 Å². The second-order valence-corrected chi connectivity index (χ2v) is 23.0. The van der Waals surface area contributed by atoms with Crippen molar-refractivity contribution in [2.24, 2.45) is 0 Å². The van der Waals surface area contributed by atoms with Crippen LogP contribution in [0.5, 0.6) is 0 Å². The van der Waals surface area contributed by atoms with Crippen molar-refractivity contribution in [3.63, 3.8) is 0 Å². The number of quaternary nitrogens is 1. The number of hydrogen-bond donors (Lipinski definition) is 0. The number of esters is 2. The molecular formula is C71H123NO8. The number of hydrogen-bond acceptors (Lipinski definition) is 8. The second kappa shape index (κ2) is 61.3. The van der Waals surface area contributed by atoms with Crippen LogP contribution in [0.15, 0.2) is 97.2 Å². The summed E-state index contributed by atoms with van der Waals surface area (Å²) in [5.41, 5.74) is 0. The Morgan fingerprint density at radius 3 is 1.06 bits per heavy atom. The van der Waals surface area contributed by atoms with Crippen LogP contribution in [0.1, 0.15) is 277 Å². The predicted octanol–water partition coefficient (Wildman–Crippen LogP) is 18.7. The van der Waals surface area contributed by atoms with Crippen LogP contribution in [0.2, 0.25) is 0 Å².